The van der Waals surface area contributed by atoms with Gasteiger partial charge in [-0.1, -0.05) is 6.92 Å². The molecule has 0 spiro atoms. The molecule has 0 unspecified atom stereocenters. The summed E-state index contributed by atoms with van der Waals surface area (Å²) in [4.78, 5) is 23.5. The Morgan fingerprint density at radius 2 is 2.31 bits per heavy atom. The van der Waals surface area contributed by atoms with Crippen LogP contribution in [0.15, 0.2) is 16.5 Å². The summed E-state index contributed by atoms with van der Waals surface area (Å²) in [6.45, 7) is 2.88. The van der Waals surface area contributed by atoms with Crippen molar-refractivity contribution in [2.24, 2.45) is 0 Å². The number of amides is 1. The summed E-state index contributed by atoms with van der Waals surface area (Å²) in [5.74, 6) is 0.706. The number of nitrogens with one attached hydrogen (secondary N) is 1. The average Bonchev–Trinajstić information content (AvgIpc) is 2.74. The van der Waals surface area contributed by atoms with E-state index in [1.165, 1.54) is 0 Å². The first-order chi connectivity index (χ1) is 7.67. The zero-order valence-corrected chi connectivity index (χ0v) is 9.53. The van der Waals surface area contributed by atoms with Crippen molar-refractivity contribution in [2.75, 3.05) is 25.0 Å². The highest BCUT2D eigenvalue weighted by Crippen LogP contribution is 2.15. The molecule has 0 saturated carbocycles. The lowest BCUT2D eigenvalue weighted by Crippen LogP contribution is -2.35. The van der Waals surface area contributed by atoms with Gasteiger partial charge in [-0.25, -0.2) is 0 Å². The number of rotatable bonds is 6. The van der Waals surface area contributed by atoms with Crippen LogP contribution in [0.25, 0.3) is 0 Å². The number of carbonyl (C=O) groups is 2. The molecule has 0 fully saturated rings. The van der Waals surface area contributed by atoms with Crippen LogP contribution in [0.3, 0.4) is 0 Å². The molecule has 0 bridgehead atoms. The van der Waals surface area contributed by atoms with Crippen molar-refractivity contribution < 1.29 is 14.0 Å². The van der Waals surface area contributed by atoms with Crippen molar-refractivity contribution in [3.05, 3.63) is 17.9 Å². The van der Waals surface area contributed by atoms with E-state index < -0.39 is 0 Å². The van der Waals surface area contributed by atoms with Gasteiger partial charge in [-0.2, -0.15) is 0 Å². The fourth-order valence-electron chi connectivity index (χ4n) is 1.22. The quantitative estimate of drug-likeness (QED) is 0.734. The number of furan rings is 1. The van der Waals surface area contributed by atoms with Crippen LogP contribution in [0, 0.1) is 0 Å². The third kappa shape index (κ3) is 3.42. The molecule has 0 aliphatic heterocycles. The summed E-state index contributed by atoms with van der Waals surface area (Å²) in [7, 11) is 1.74. The molecule has 88 valence electrons. The zero-order valence-electron chi connectivity index (χ0n) is 9.53. The molecule has 0 radical (unpaired) electrons. The van der Waals surface area contributed by atoms with Crippen molar-refractivity contribution in [3.63, 3.8) is 0 Å². The Hall–Kier alpha value is -1.78. The summed E-state index contributed by atoms with van der Waals surface area (Å²) in [5, 5.41) is 2.76. The van der Waals surface area contributed by atoms with Gasteiger partial charge in [0.05, 0.1) is 6.54 Å². The lowest BCUT2D eigenvalue weighted by Gasteiger charge is -2.15. The van der Waals surface area contributed by atoms with Gasteiger partial charge in [0.15, 0.2) is 17.9 Å². The van der Waals surface area contributed by atoms with Gasteiger partial charge >= 0.3 is 0 Å². The summed E-state index contributed by atoms with van der Waals surface area (Å²) < 4.78 is 5.18. The summed E-state index contributed by atoms with van der Waals surface area (Å²) in [5.41, 5.74) is 0. The maximum atomic E-state index is 11.4. The highest BCUT2D eigenvalue weighted by molar-refractivity contribution is 5.81. The minimum absolute atomic E-state index is 0.0617. The van der Waals surface area contributed by atoms with Crippen molar-refractivity contribution >= 4 is 18.1 Å². The van der Waals surface area contributed by atoms with Crippen molar-refractivity contribution in [1.82, 2.24) is 5.32 Å². The maximum absolute atomic E-state index is 11.4. The Labute approximate surface area is 94.4 Å². The Morgan fingerprint density at radius 1 is 1.56 bits per heavy atom. The number of hydrogen-bond acceptors (Lipinski definition) is 4. The Morgan fingerprint density at radius 3 is 2.88 bits per heavy atom. The lowest BCUT2D eigenvalue weighted by atomic mass is 10.4. The molecule has 0 saturated heterocycles. The van der Waals surface area contributed by atoms with Crippen LogP contribution in [0.1, 0.15) is 23.9 Å². The fourth-order valence-corrected chi connectivity index (χ4v) is 1.22. The monoisotopic (exact) mass is 224 g/mol. The topological polar surface area (TPSA) is 62.6 Å². The molecule has 0 aliphatic rings. The molecular formula is C11H16N2O3. The maximum Gasteiger partial charge on any atom is 0.239 e. The molecule has 1 N–H and O–H groups in total. The highest BCUT2D eigenvalue weighted by atomic mass is 16.4. The first-order valence-electron chi connectivity index (χ1n) is 5.20. The van der Waals surface area contributed by atoms with E-state index in [0.717, 1.165) is 6.42 Å². The van der Waals surface area contributed by atoms with Crippen LogP contribution in [0.2, 0.25) is 0 Å². The van der Waals surface area contributed by atoms with Gasteiger partial charge in [-0.15, -0.1) is 0 Å². The van der Waals surface area contributed by atoms with Crippen LogP contribution in [-0.2, 0) is 4.79 Å². The second-order valence-electron chi connectivity index (χ2n) is 3.50. The fraction of sp³-hybridized carbons (Fsp3) is 0.455. The molecule has 1 rings (SSSR count). The minimum atomic E-state index is -0.0617. The van der Waals surface area contributed by atoms with E-state index in [9.17, 15) is 9.59 Å². The van der Waals surface area contributed by atoms with Gasteiger partial charge < -0.3 is 14.6 Å². The third-order valence-electron chi connectivity index (χ3n) is 2.06. The van der Waals surface area contributed by atoms with Gasteiger partial charge in [0, 0.05) is 19.7 Å². The molecule has 1 aromatic rings. The van der Waals surface area contributed by atoms with Gasteiger partial charge in [-0.3, -0.25) is 9.59 Å². The lowest BCUT2D eigenvalue weighted by molar-refractivity contribution is -0.119. The number of nitrogens with zero attached hydrogens (tertiary/aromatic N) is 1. The number of likely N-dealkylation sites (N-methyl/N-ethyl adjacent to an activating group) is 1. The Bertz CT molecular complexity index is 360. The molecule has 1 heterocycles. The highest BCUT2D eigenvalue weighted by Gasteiger charge is 2.10. The molecule has 1 amide bonds. The second kappa shape index (κ2) is 5.95. The van der Waals surface area contributed by atoms with Crippen LogP contribution in [0.5, 0.6) is 0 Å². The van der Waals surface area contributed by atoms with E-state index in [0.29, 0.717) is 18.7 Å². The Kier molecular flexibility index (Phi) is 4.57. The molecule has 0 atom stereocenters. The number of carbonyl (C=O) groups excluding carboxylic acids is 2. The smallest absolute Gasteiger partial charge is 0.239 e. The van der Waals surface area contributed by atoms with Gasteiger partial charge in [0.1, 0.15) is 0 Å². The van der Waals surface area contributed by atoms with Crippen molar-refractivity contribution in [3.8, 4) is 0 Å². The standard InChI is InChI=1S/C11H16N2O3/c1-3-6-12-10(15)7-13(2)11-5-4-9(8-14)16-11/h4-5,8H,3,6-7H2,1-2H3,(H,12,15). The molecule has 5 nitrogen and oxygen atoms in total. The van der Waals surface area contributed by atoms with Crippen LogP contribution >= 0.6 is 0 Å². The van der Waals surface area contributed by atoms with Gasteiger partial charge in [-0.05, 0) is 12.5 Å². The average molecular weight is 224 g/mol. The third-order valence-corrected chi connectivity index (χ3v) is 2.06. The molecule has 0 aliphatic carbocycles. The van der Waals surface area contributed by atoms with Gasteiger partial charge in [0.2, 0.25) is 5.91 Å². The molecule has 5 heteroatoms. The van der Waals surface area contributed by atoms with Crippen molar-refractivity contribution in [2.45, 2.75) is 13.3 Å². The second-order valence-corrected chi connectivity index (χ2v) is 3.50. The first-order valence-corrected chi connectivity index (χ1v) is 5.20. The first kappa shape index (κ1) is 12.3. The van der Waals surface area contributed by atoms with Crippen LogP contribution in [-0.4, -0.2) is 32.3 Å². The van der Waals surface area contributed by atoms with E-state index in [4.69, 9.17) is 4.42 Å². The normalized spacial score (nSPS) is 9.88. The number of aldehydes is 1. The van der Waals surface area contributed by atoms with E-state index >= 15 is 0 Å². The SMILES string of the molecule is CCCNC(=O)CN(C)c1ccc(C=O)o1. The molecule has 1 aromatic heterocycles. The van der Waals surface area contributed by atoms with E-state index in [1.54, 1.807) is 24.1 Å². The Balaban J connectivity index is 2.48. The largest absolute Gasteiger partial charge is 0.438 e. The molecular weight excluding hydrogens is 208 g/mol. The minimum Gasteiger partial charge on any atom is -0.438 e. The predicted octanol–water partition coefficient (Wildman–Crippen LogP) is 1.05. The predicted molar refractivity (Wildman–Crippen MR) is 60.7 cm³/mol. The van der Waals surface area contributed by atoms with Crippen LogP contribution < -0.4 is 10.2 Å². The molecule has 0 aromatic carbocycles. The summed E-state index contributed by atoms with van der Waals surface area (Å²) >= 11 is 0. The number of hydrogen-bond donors (Lipinski definition) is 1. The van der Waals surface area contributed by atoms with Gasteiger partial charge in [0.25, 0.3) is 0 Å². The van der Waals surface area contributed by atoms with Crippen LogP contribution in [0.4, 0.5) is 5.88 Å². The molecule has 16 heavy (non-hydrogen) atoms. The van der Waals surface area contributed by atoms with E-state index in [2.05, 4.69) is 5.32 Å². The van der Waals surface area contributed by atoms with E-state index in [-0.39, 0.29) is 18.2 Å². The van der Waals surface area contributed by atoms with Crippen molar-refractivity contribution in [1.29, 1.82) is 0 Å². The summed E-state index contributed by atoms with van der Waals surface area (Å²) in [6, 6.07) is 3.24. The summed E-state index contributed by atoms with van der Waals surface area (Å²) in [6.07, 6.45) is 1.54. The number of anilines is 1. The zero-order chi connectivity index (χ0) is 12.0. The van der Waals surface area contributed by atoms with E-state index in [1.807, 2.05) is 6.92 Å².